The minimum Gasteiger partial charge on any atom is -0.383 e. The van der Waals surface area contributed by atoms with Gasteiger partial charge in [0.25, 0.3) is 0 Å². The van der Waals surface area contributed by atoms with Crippen LogP contribution in [0.3, 0.4) is 0 Å². The zero-order valence-corrected chi connectivity index (χ0v) is 12.8. The van der Waals surface area contributed by atoms with E-state index in [1.807, 2.05) is 30.3 Å². The maximum atomic E-state index is 8.90. The van der Waals surface area contributed by atoms with Crippen LogP contribution in [-0.4, -0.2) is 16.8 Å². The molecule has 0 saturated carbocycles. The van der Waals surface area contributed by atoms with Crippen molar-refractivity contribution in [3.63, 3.8) is 0 Å². The predicted octanol–water partition coefficient (Wildman–Crippen LogP) is 2.52. The number of benzene rings is 2. The number of guanidine groups is 1. The quantitative estimate of drug-likeness (QED) is 0.558. The lowest BCUT2D eigenvalue weighted by Crippen LogP contribution is -2.19. The highest BCUT2D eigenvalue weighted by Crippen LogP contribution is 2.27. The van der Waals surface area contributed by atoms with E-state index in [0.717, 1.165) is 10.2 Å². The summed E-state index contributed by atoms with van der Waals surface area (Å²) in [7, 11) is 0. The van der Waals surface area contributed by atoms with Crippen molar-refractivity contribution in [1.29, 1.82) is 5.26 Å². The molecule has 0 aliphatic rings. The molecule has 0 aliphatic heterocycles. The molecule has 112 valence electrons. The molecule has 3 rings (SSSR count). The maximum absolute atomic E-state index is 8.90. The summed E-state index contributed by atoms with van der Waals surface area (Å²) in [5, 5.41) is 9.42. The van der Waals surface area contributed by atoms with Gasteiger partial charge in [0.05, 0.1) is 21.8 Å². The second-order valence-corrected chi connectivity index (χ2v) is 5.63. The number of aromatic nitrogens is 1. The Labute approximate surface area is 136 Å². The number of fused-ring (bicyclic) bond motifs is 1. The van der Waals surface area contributed by atoms with Crippen LogP contribution in [0.1, 0.15) is 11.1 Å². The third-order valence-corrected chi connectivity index (χ3v) is 3.95. The van der Waals surface area contributed by atoms with E-state index in [1.54, 1.807) is 24.3 Å². The highest BCUT2D eigenvalue weighted by atomic mass is 32.1. The summed E-state index contributed by atoms with van der Waals surface area (Å²) >= 11 is 1.42. The Bertz CT molecular complexity index is 931. The van der Waals surface area contributed by atoms with Crippen molar-refractivity contribution in [1.82, 2.24) is 4.98 Å². The molecular formula is C16H12N6S. The van der Waals surface area contributed by atoms with Gasteiger partial charge >= 0.3 is 0 Å². The number of nitriles is 1. The van der Waals surface area contributed by atoms with E-state index in [1.165, 1.54) is 11.3 Å². The predicted molar refractivity (Wildman–Crippen MR) is 92.8 cm³/mol. The van der Waals surface area contributed by atoms with Gasteiger partial charge < -0.3 is 11.5 Å². The van der Waals surface area contributed by atoms with Crippen molar-refractivity contribution >= 4 is 38.5 Å². The molecule has 0 spiro atoms. The third kappa shape index (κ3) is 3.33. The summed E-state index contributed by atoms with van der Waals surface area (Å²) in [6.07, 6.45) is 0. The molecule has 0 saturated heterocycles. The van der Waals surface area contributed by atoms with Crippen molar-refractivity contribution in [2.75, 3.05) is 0 Å². The summed E-state index contributed by atoms with van der Waals surface area (Å²) in [5.74, 6) is 0.216. The van der Waals surface area contributed by atoms with Crippen molar-refractivity contribution in [3.05, 3.63) is 59.7 Å². The first-order valence-electron chi connectivity index (χ1n) is 6.70. The molecule has 0 atom stereocenters. The fraction of sp³-hybridized carbons (Fsp3) is 0. The van der Waals surface area contributed by atoms with Gasteiger partial charge in [-0.2, -0.15) is 15.2 Å². The molecule has 6 nitrogen and oxygen atoms in total. The fourth-order valence-corrected chi connectivity index (χ4v) is 2.81. The van der Waals surface area contributed by atoms with E-state index in [-0.39, 0.29) is 11.8 Å². The van der Waals surface area contributed by atoms with Gasteiger partial charge in [0.2, 0.25) is 11.1 Å². The van der Waals surface area contributed by atoms with E-state index in [9.17, 15) is 0 Å². The average molecular weight is 320 g/mol. The SMILES string of the molecule is N#Cc1cccc(/C(N)=N/C(N)=N/c2nc3ccccc3s2)c1. The van der Waals surface area contributed by atoms with Crippen LogP contribution in [0.2, 0.25) is 0 Å². The molecule has 1 heterocycles. The number of amidine groups is 1. The Hall–Kier alpha value is -3.24. The van der Waals surface area contributed by atoms with Crippen molar-refractivity contribution in [2.45, 2.75) is 0 Å². The van der Waals surface area contributed by atoms with Crippen LogP contribution in [0.15, 0.2) is 58.5 Å². The fourth-order valence-electron chi connectivity index (χ4n) is 1.97. The summed E-state index contributed by atoms with van der Waals surface area (Å²) in [5.41, 5.74) is 13.7. The Morgan fingerprint density at radius 3 is 2.74 bits per heavy atom. The molecule has 0 fully saturated rings. The average Bonchev–Trinajstić information content (AvgIpc) is 2.96. The van der Waals surface area contributed by atoms with Gasteiger partial charge in [-0.15, -0.1) is 0 Å². The van der Waals surface area contributed by atoms with Gasteiger partial charge in [0.15, 0.2) is 0 Å². The van der Waals surface area contributed by atoms with Crippen LogP contribution in [0.25, 0.3) is 10.2 Å². The van der Waals surface area contributed by atoms with Gasteiger partial charge in [-0.05, 0) is 24.3 Å². The Kier molecular flexibility index (Phi) is 3.99. The number of nitrogens with zero attached hydrogens (tertiary/aromatic N) is 4. The van der Waals surface area contributed by atoms with E-state index in [2.05, 4.69) is 15.0 Å². The number of hydrogen-bond acceptors (Lipinski definition) is 4. The number of aliphatic imine (C=N–C) groups is 2. The Morgan fingerprint density at radius 2 is 1.96 bits per heavy atom. The lowest BCUT2D eigenvalue weighted by atomic mass is 10.1. The van der Waals surface area contributed by atoms with Crippen LogP contribution < -0.4 is 11.5 Å². The van der Waals surface area contributed by atoms with Gasteiger partial charge in [-0.25, -0.2) is 4.98 Å². The lowest BCUT2D eigenvalue weighted by Gasteiger charge is -2.00. The van der Waals surface area contributed by atoms with Crippen LogP contribution >= 0.6 is 11.3 Å². The highest BCUT2D eigenvalue weighted by molar-refractivity contribution is 7.22. The van der Waals surface area contributed by atoms with Gasteiger partial charge in [0.1, 0.15) is 5.84 Å². The van der Waals surface area contributed by atoms with Crippen molar-refractivity contribution in [3.8, 4) is 6.07 Å². The molecule has 0 unspecified atom stereocenters. The summed E-state index contributed by atoms with van der Waals surface area (Å²) in [6.45, 7) is 0. The summed E-state index contributed by atoms with van der Waals surface area (Å²) < 4.78 is 1.03. The third-order valence-electron chi connectivity index (χ3n) is 3.02. The molecule has 3 aromatic rings. The van der Waals surface area contributed by atoms with Crippen LogP contribution in [0, 0.1) is 11.3 Å². The smallest absolute Gasteiger partial charge is 0.224 e. The number of thiazole rings is 1. The first kappa shape index (κ1) is 14.7. The molecular weight excluding hydrogens is 308 g/mol. The van der Waals surface area contributed by atoms with E-state index in [0.29, 0.717) is 16.3 Å². The van der Waals surface area contributed by atoms with Gasteiger partial charge in [-0.1, -0.05) is 35.6 Å². The molecule has 0 radical (unpaired) electrons. The van der Waals surface area contributed by atoms with E-state index >= 15 is 0 Å². The largest absolute Gasteiger partial charge is 0.383 e. The van der Waals surface area contributed by atoms with Crippen LogP contribution in [0.4, 0.5) is 5.13 Å². The molecule has 2 aromatic carbocycles. The normalized spacial score (nSPS) is 12.3. The minimum atomic E-state index is 0.0175. The van der Waals surface area contributed by atoms with Gasteiger partial charge in [0, 0.05) is 5.56 Å². The number of rotatable bonds is 2. The molecule has 0 bridgehead atoms. The zero-order valence-electron chi connectivity index (χ0n) is 12.0. The second-order valence-electron chi connectivity index (χ2n) is 4.62. The molecule has 0 amide bonds. The topological polar surface area (TPSA) is 113 Å². The standard InChI is InChI=1S/C16H12N6S/c17-9-10-4-3-5-11(8-10)14(18)21-15(19)22-16-20-12-6-1-2-7-13(12)23-16/h1-8H,(H4,18,19,20,21,22). The van der Waals surface area contributed by atoms with E-state index in [4.69, 9.17) is 16.7 Å². The van der Waals surface area contributed by atoms with Crippen molar-refractivity contribution in [2.24, 2.45) is 21.5 Å². The molecule has 0 aliphatic carbocycles. The molecule has 1 aromatic heterocycles. The molecule has 4 N–H and O–H groups in total. The second kappa shape index (κ2) is 6.25. The lowest BCUT2D eigenvalue weighted by molar-refractivity contribution is 1.35. The maximum Gasteiger partial charge on any atom is 0.224 e. The Morgan fingerprint density at radius 1 is 1.13 bits per heavy atom. The number of nitrogens with two attached hydrogens (primary N) is 2. The Balaban J connectivity index is 1.89. The van der Waals surface area contributed by atoms with Crippen molar-refractivity contribution < 1.29 is 0 Å². The highest BCUT2D eigenvalue weighted by Gasteiger charge is 2.04. The van der Waals surface area contributed by atoms with Gasteiger partial charge in [-0.3, -0.25) is 0 Å². The molecule has 7 heteroatoms. The number of hydrogen-bond donors (Lipinski definition) is 2. The monoisotopic (exact) mass is 320 g/mol. The first-order valence-corrected chi connectivity index (χ1v) is 7.52. The number of para-hydroxylation sites is 1. The zero-order chi connectivity index (χ0) is 16.2. The molecule has 23 heavy (non-hydrogen) atoms. The summed E-state index contributed by atoms with van der Waals surface area (Å²) in [6, 6.07) is 16.6. The first-order chi connectivity index (χ1) is 11.2. The van der Waals surface area contributed by atoms with Crippen LogP contribution in [-0.2, 0) is 0 Å². The minimum absolute atomic E-state index is 0.0175. The van der Waals surface area contributed by atoms with E-state index < -0.39 is 0 Å². The van der Waals surface area contributed by atoms with Crippen LogP contribution in [0.5, 0.6) is 0 Å². The summed E-state index contributed by atoms with van der Waals surface area (Å²) in [4.78, 5) is 12.6.